The Kier molecular flexibility index (Phi) is 8.31. The van der Waals surface area contributed by atoms with E-state index in [0.29, 0.717) is 12.5 Å². The first kappa shape index (κ1) is 19.4. The third-order valence-electron chi connectivity index (χ3n) is 4.62. The van der Waals surface area contributed by atoms with Crippen molar-refractivity contribution in [3.63, 3.8) is 0 Å². The van der Waals surface area contributed by atoms with Crippen LogP contribution in [0.1, 0.15) is 52.4 Å². The smallest absolute Gasteiger partial charge is 0.335 e. The lowest BCUT2D eigenvalue weighted by Gasteiger charge is -2.27. The summed E-state index contributed by atoms with van der Waals surface area (Å²) in [5, 5.41) is 38.9. The molecule has 0 amide bonds. The molecule has 0 spiro atoms. The number of rotatable bonds is 8. The molecule has 1 saturated carbocycles. The Hall–Kier alpha value is -0.690. The maximum Gasteiger partial charge on any atom is 0.335 e. The van der Waals surface area contributed by atoms with Gasteiger partial charge in [0.25, 0.3) is 0 Å². The molecule has 4 N–H and O–H groups in total. The van der Waals surface area contributed by atoms with Gasteiger partial charge in [-0.05, 0) is 25.7 Å². The van der Waals surface area contributed by atoms with Gasteiger partial charge in [-0.25, -0.2) is 4.79 Å². The molecular formula is C16H30O6. The highest BCUT2D eigenvalue weighted by Gasteiger charge is 2.30. The topological polar surface area (TPSA) is 107 Å². The van der Waals surface area contributed by atoms with Crippen molar-refractivity contribution in [2.45, 2.75) is 76.8 Å². The maximum atomic E-state index is 11.7. The highest BCUT2D eigenvalue weighted by Crippen LogP contribution is 2.24. The number of hydrogen-bond donors (Lipinski definition) is 4. The molecule has 6 nitrogen and oxygen atoms in total. The molecule has 0 heterocycles. The first-order valence-electron chi connectivity index (χ1n) is 8.21. The Bertz CT molecular complexity index is 327. The van der Waals surface area contributed by atoms with Crippen LogP contribution in [0.25, 0.3) is 0 Å². The summed E-state index contributed by atoms with van der Waals surface area (Å²) < 4.78 is 5.10. The lowest BCUT2D eigenvalue weighted by molar-refractivity contribution is -0.158. The molecule has 0 saturated heterocycles. The average molecular weight is 318 g/mol. The summed E-state index contributed by atoms with van der Waals surface area (Å²) in [5.74, 6) is -0.961. The minimum absolute atomic E-state index is 0.304. The summed E-state index contributed by atoms with van der Waals surface area (Å²) in [6.07, 6.45) is 0.532. The maximum absolute atomic E-state index is 11.7. The normalized spacial score (nSPS) is 23.4. The molecule has 1 aliphatic carbocycles. The summed E-state index contributed by atoms with van der Waals surface area (Å²) >= 11 is 0. The molecule has 1 rings (SSSR count). The Labute approximate surface area is 132 Å². The van der Waals surface area contributed by atoms with E-state index >= 15 is 0 Å². The summed E-state index contributed by atoms with van der Waals surface area (Å²) in [4.78, 5) is 11.7. The van der Waals surface area contributed by atoms with Crippen LogP contribution in [-0.2, 0) is 9.53 Å². The Morgan fingerprint density at radius 2 is 1.68 bits per heavy atom. The van der Waals surface area contributed by atoms with Crippen molar-refractivity contribution in [3.05, 3.63) is 0 Å². The van der Waals surface area contributed by atoms with Crippen molar-refractivity contribution in [1.29, 1.82) is 0 Å². The van der Waals surface area contributed by atoms with Crippen LogP contribution in [0.3, 0.4) is 0 Å². The third kappa shape index (κ3) is 6.20. The third-order valence-corrected chi connectivity index (χ3v) is 4.62. The predicted molar refractivity (Wildman–Crippen MR) is 81.0 cm³/mol. The van der Waals surface area contributed by atoms with Crippen molar-refractivity contribution in [3.8, 4) is 0 Å². The van der Waals surface area contributed by atoms with Gasteiger partial charge in [-0.1, -0.05) is 26.2 Å². The molecule has 130 valence electrons. The van der Waals surface area contributed by atoms with Crippen LogP contribution in [0.5, 0.6) is 0 Å². The Morgan fingerprint density at radius 3 is 2.23 bits per heavy atom. The van der Waals surface area contributed by atoms with Crippen molar-refractivity contribution in [1.82, 2.24) is 0 Å². The molecule has 0 bridgehead atoms. The van der Waals surface area contributed by atoms with E-state index in [1.54, 1.807) is 6.92 Å². The van der Waals surface area contributed by atoms with Crippen LogP contribution in [0.2, 0.25) is 0 Å². The number of carbonyl (C=O) groups excluding carboxylic acids is 1. The van der Waals surface area contributed by atoms with Crippen LogP contribution in [0, 0.1) is 11.8 Å². The minimum atomic E-state index is -1.46. The number of aliphatic hydroxyl groups excluding tert-OH is 4. The molecule has 5 atom stereocenters. The monoisotopic (exact) mass is 318 g/mol. The fourth-order valence-electron chi connectivity index (χ4n) is 2.75. The predicted octanol–water partition coefficient (Wildman–Crippen LogP) is 0.600. The van der Waals surface area contributed by atoms with Gasteiger partial charge in [0.2, 0.25) is 0 Å². The van der Waals surface area contributed by atoms with Gasteiger partial charge in [-0.3, -0.25) is 0 Å². The fourth-order valence-corrected chi connectivity index (χ4v) is 2.75. The molecule has 0 radical (unpaired) electrons. The Morgan fingerprint density at radius 1 is 1.09 bits per heavy atom. The van der Waals surface area contributed by atoms with Crippen molar-refractivity contribution >= 4 is 5.97 Å². The number of aliphatic hydroxyl groups is 4. The zero-order valence-corrected chi connectivity index (χ0v) is 13.5. The van der Waals surface area contributed by atoms with E-state index in [0.717, 1.165) is 25.7 Å². The van der Waals surface area contributed by atoms with Gasteiger partial charge in [0.1, 0.15) is 0 Å². The first-order valence-corrected chi connectivity index (χ1v) is 8.21. The van der Waals surface area contributed by atoms with Crippen molar-refractivity contribution < 1.29 is 30.0 Å². The highest BCUT2D eigenvalue weighted by molar-refractivity contribution is 5.74. The van der Waals surface area contributed by atoms with Gasteiger partial charge in [0.05, 0.1) is 24.9 Å². The van der Waals surface area contributed by atoms with E-state index < -0.39 is 36.3 Å². The molecule has 0 aliphatic heterocycles. The number of ether oxygens (including phenoxy) is 1. The average Bonchev–Trinajstić information content (AvgIpc) is 2.51. The summed E-state index contributed by atoms with van der Waals surface area (Å²) in [6, 6.07) is 0. The van der Waals surface area contributed by atoms with Gasteiger partial charge in [0.15, 0.2) is 6.10 Å². The second-order valence-corrected chi connectivity index (χ2v) is 6.54. The summed E-state index contributed by atoms with van der Waals surface area (Å²) in [6.45, 7) is 3.40. The standard InChI is InChI=1S/C16H30O6/c1-10(11(2)17)15(20)13(18)8-14(19)16(21)22-9-12-6-4-3-5-7-12/h10-15,17-20H,3-9H2,1-2H3. The molecule has 22 heavy (non-hydrogen) atoms. The number of carbonyl (C=O) groups is 1. The second-order valence-electron chi connectivity index (χ2n) is 6.54. The van der Waals surface area contributed by atoms with Gasteiger partial charge >= 0.3 is 5.97 Å². The molecule has 0 aromatic rings. The van der Waals surface area contributed by atoms with Gasteiger partial charge in [-0.15, -0.1) is 0 Å². The van der Waals surface area contributed by atoms with Crippen LogP contribution in [0.15, 0.2) is 0 Å². The van der Waals surface area contributed by atoms with E-state index in [1.165, 1.54) is 13.3 Å². The molecule has 0 aromatic heterocycles. The molecule has 1 aliphatic rings. The second kappa shape index (κ2) is 9.45. The zero-order valence-electron chi connectivity index (χ0n) is 13.5. The van der Waals surface area contributed by atoms with Crippen LogP contribution < -0.4 is 0 Å². The van der Waals surface area contributed by atoms with E-state index in [4.69, 9.17) is 4.74 Å². The lowest BCUT2D eigenvalue weighted by Crippen LogP contribution is -2.40. The SMILES string of the molecule is CC(O)C(C)C(O)C(O)CC(O)C(=O)OCC1CCCCC1. The fraction of sp³-hybridized carbons (Fsp3) is 0.938. The van der Waals surface area contributed by atoms with Crippen molar-refractivity contribution in [2.24, 2.45) is 11.8 Å². The minimum Gasteiger partial charge on any atom is -0.463 e. The lowest BCUT2D eigenvalue weighted by atomic mass is 9.90. The van der Waals surface area contributed by atoms with E-state index in [2.05, 4.69) is 0 Å². The number of hydrogen-bond acceptors (Lipinski definition) is 6. The largest absolute Gasteiger partial charge is 0.463 e. The summed E-state index contributed by atoms with van der Waals surface area (Å²) in [5.41, 5.74) is 0. The molecular weight excluding hydrogens is 288 g/mol. The van der Waals surface area contributed by atoms with E-state index in [9.17, 15) is 25.2 Å². The van der Waals surface area contributed by atoms with Gasteiger partial charge in [0, 0.05) is 12.3 Å². The van der Waals surface area contributed by atoms with Gasteiger partial charge in [-0.2, -0.15) is 0 Å². The first-order chi connectivity index (χ1) is 10.3. The van der Waals surface area contributed by atoms with Gasteiger partial charge < -0.3 is 25.2 Å². The van der Waals surface area contributed by atoms with Crippen LogP contribution in [-0.4, -0.2) is 57.4 Å². The Balaban J connectivity index is 2.33. The zero-order chi connectivity index (χ0) is 16.7. The van der Waals surface area contributed by atoms with Crippen molar-refractivity contribution in [2.75, 3.05) is 6.61 Å². The highest BCUT2D eigenvalue weighted by atomic mass is 16.5. The molecule has 1 fully saturated rings. The summed E-state index contributed by atoms with van der Waals surface area (Å²) in [7, 11) is 0. The molecule has 6 heteroatoms. The molecule has 0 aromatic carbocycles. The molecule has 5 unspecified atom stereocenters. The quantitative estimate of drug-likeness (QED) is 0.488. The van der Waals surface area contributed by atoms with Crippen LogP contribution in [0.4, 0.5) is 0 Å². The van der Waals surface area contributed by atoms with E-state index in [-0.39, 0.29) is 6.42 Å². The number of esters is 1. The van der Waals surface area contributed by atoms with E-state index in [1.807, 2.05) is 0 Å². The van der Waals surface area contributed by atoms with Crippen LogP contribution >= 0.6 is 0 Å².